The van der Waals surface area contributed by atoms with Gasteiger partial charge in [0.1, 0.15) is 18.4 Å². The topological polar surface area (TPSA) is 344 Å². The van der Waals surface area contributed by atoms with Gasteiger partial charge in [-0.25, -0.2) is 9.78 Å². The fraction of sp³-hybridized carbons (Fsp3) is 0.760. The average molecular weight is 1060 g/mol. The van der Waals surface area contributed by atoms with E-state index in [1.807, 2.05) is 0 Å². The van der Waals surface area contributed by atoms with Crippen molar-refractivity contribution in [1.29, 1.82) is 0 Å². The minimum absolute atomic E-state index is 0.00777. The fourth-order valence-corrected chi connectivity index (χ4v) is 6.94. The van der Waals surface area contributed by atoms with Crippen molar-refractivity contribution in [2.45, 2.75) is 154 Å². The molecule has 0 saturated carbocycles. The molecule has 24 heteroatoms. The molecule has 24 nitrogen and oxygen atoms in total. The van der Waals surface area contributed by atoms with Crippen molar-refractivity contribution in [2.75, 3.05) is 92.6 Å². The highest BCUT2D eigenvalue weighted by Crippen LogP contribution is 2.11. The number of carbonyl (C=O) groups is 9. The number of rotatable bonds is 50. The van der Waals surface area contributed by atoms with E-state index in [-0.39, 0.29) is 87.1 Å². The van der Waals surface area contributed by atoms with Crippen LogP contribution in [0.1, 0.15) is 135 Å². The Morgan fingerprint density at radius 1 is 0.635 bits per heavy atom. The number of ether oxygens (including phenoxy) is 4. The number of aliphatic carboxylic acids is 2. The van der Waals surface area contributed by atoms with E-state index in [1.165, 1.54) is 45.4 Å². The molecule has 74 heavy (non-hydrogen) atoms. The van der Waals surface area contributed by atoms with Gasteiger partial charge in [0.2, 0.25) is 30.0 Å². The molecule has 10 N–H and O–H groups in total. The zero-order valence-corrected chi connectivity index (χ0v) is 44.2. The second kappa shape index (κ2) is 48.5. The molecule has 0 fully saturated rings. The molecule has 1 aromatic heterocycles. The standard InChI is InChI=1S/C27H51N3O8.C23H38N6O7/c1-37-21-22-38-20-19-29-24(31)16-15-23(27(35)36)30-25(32)13-10-12-18-28-17-11-8-6-4-2-3-5-7-9-14-26(33)34;1-3-22(33)26-7-8-35-9-10-36-14-23(34)25-6-4-5-19(17(2)31)27-13-21(32)20(29-16-30)11-18-12-24-15-28-18/h23,28H,2-22H2,1H3,(H,29,31)(H,30,32)(H,33,34)(H,35,36);12,15-16,19-20,27H,3-11,13-14H2,1-2H3,(H,24,28)(H,25,34)(H,26,33)(H,29,30)/t23-;19-,20?/m00/s1. The first kappa shape index (κ1) is 68.6. The van der Waals surface area contributed by atoms with Gasteiger partial charge in [-0.15, -0.1) is 0 Å². The van der Waals surface area contributed by atoms with Gasteiger partial charge in [0.15, 0.2) is 5.78 Å². The second-order valence-electron chi connectivity index (χ2n) is 17.5. The normalized spacial score (nSPS) is 12.0. The summed E-state index contributed by atoms with van der Waals surface area (Å²) in [6, 6.07) is -2.37. The quantitative estimate of drug-likeness (QED) is 0.0326. The van der Waals surface area contributed by atoms with Crippen molar-refractivity contribution in [2.24, 2.45) is 0 Å². The van der Waals surface area contributed by atoms with Gasteiger partial charge < -0.3 is 71.4 Å². The number of carboxylic acids is 2. The Morgan fingerprint density at radius 3 is 1.82 bits per heavy atom. The minimum atomic E-state index is -1.15. The average Bonchev–Trinajstić information content (AvgIpc) is 3.89. The van der Waals surface area contributed by atoms with Crippen molar-refractivity contribution in [1.82, 2.24) is 47.2 Å². The Bertz CT molecular complexity index is 1670. The monoisotopic (exact) mass is 1060 g/mol. The van der Waals surface area contributed by atoms with Crippen LogP contribution in [0.15, 0.2) is 12.5 Å². The number of nitrogens with zero attached hydrogens (tertiary/aromatic N) is 1. The molecule has 0 aliphatic carbocycles. The van der Waals surface area contributed by atoms with Crippen molar-refractivity contribution in [3.05, 3.63) is 18.2 Å². The maximum absolute atomic E-state index is 12.5. The van der Waals surface area contributed by atoms with E-state index in [2.05, 4.69) is 47.2 Å². The molecule has 0 bridgehead atoms. The number of carbonyl (C=O) groups excluding carboxylic acids is 7. The highest BCUT2D eigenvalue weighted by atomic mass is 16.5. The van der Waals surface area contributed by atoms with Gasteiger partial charge in [-0.3, -0.25) is 38.4 Å². The van der Waals surface area contributed by atoms with Crippen LogP contribution in [0, 0.1) is 0 Å². The number of hydrogen-bond donors (Lipinski definition) is 10. The van der Waals surface area contributed by atoms with Gasteiger partial charge in [-0.05, 0) is 65.0 Å². The molecule has 0 saturated heterocycles. The third-order valence-corrected chi connectivity index (χ3v) is 11.2. The lowest BCUT2D eigenvalue weighted by Gasteiger charge is -2.19. The van der Waals surface area contributed by atoms with Gasteiger partial charge in [0.25, 0.3) is 0 Å². The zero-order valence-electron chi connectivity index (χ0n) is 44.2. The molecule has 3 atom stereocenters. The van der Waals surface area contributed by atoms with Gasteiger partial charge in [0.05, 0.1) is 64.6 Å². The van der Waals surface area contributed by atoms with Crippen LogP contribution in [0.25, 0.3) is 0 Å². The van der Waals surface area contributed by atoms with Crippen LogP contribution in [0.3, 0.4) is 0 Å². The second-order valence-corrected chi connectivity index (χ2v) is 17.5. The molecule has 1 unspecified atom stereocenters. The van der Waals surface area contributed by atoms with Crippen LogP contribution in [0.4, 0.5) is 0 Å². The van der Waals surface area contributed by atoms with Crippen molar-refractivity contribution in [3.8, 4) is 0 Å². The lowest BCUT2D eigenvalue weighted by atomic mass is 10.0. The molecular formula is C50H89N9O15. The Morgan fingerprint density at radius 2 is 1.23 bits per heavy atom. The van der Waals surface area contributed by atoms with E-state index in [4.69, 9.17) is 24.1 Å². The summed E-state index contributed by atoms with van der Waals surface area (Å²) in [5, 5.41) is 37.3. The summed E-state index contributed by atoms with van der Waals surface area (Å²) in [7, 11) is 1.58. The highest BCUT2D eigenvalue weighted by Gasteiger charge is 2.23. The molecule has 0 aliphatic rings. The number of imidazole rings is 1. The molecule has 0 spiro atoms. The van der Waals surface area contributed by atoms with E-state index in [0.717, 1.165) is 45.2 Å². The molecule has 1 aromatic rings. The third kappa shape index (κ3) is 43.0. The number of amides is 5. The number of unbranched alkanes of at least 4 members (excludes halogenated alkanes) is 9. The van der Waals surface area contributed by atoms with Crippen LogP contribution in [0.5, 0.6) is 0 Å². The molecular weight excluding hydrogens is 967 g/mol. The van der Waals surface area contributed by atoms with Gasteiger partial charge in [-0.2, -0.15) is 0 Å². The molecule has 0 aromatic carbocycles. The van der Waals surface area contributed by atoms with E-state index >= 15 is 0 Å². The van der Waals surface area contributed by atoms with E-state index in [0.29, 0.717) is 90.5 Å². The Kier molecular flexibility index (Phi) is 45.0. The molecule has 0 radical (unpaired) electrons. The summed E-state index contributed by atoms with van der Waals surface area (Å²) in [6.07, 6.45) is 17.3. The summed E-state index contributed by atoms with van der Waals surface area (Å²) in [6.45, 7) is 8.09. The number of nitrogens with one attached hydrogen (secondary N) is 8. The summed E-state index contributed by atoms with van der Waals surface area (Å²) in [5.41, 5.74) is 0.704. The number of Topliss-reactive ketones (excluding diaryl/α,β-unsaturated/α-hetero) is 2. The zero-order chi connectivity index (χ0) is 54.9. The summed E-state index contributed by atoms with van der Waals surface area (Å²) >= 11 is 0. The van der Waals surface area contributed by atoms with Crippen LogP contribution in [-0.2, 0) is 68.5 Å². The number of H-pyrrole nitrogens is 1. The van der Waals surface area contributed by atoms with Crippen LogP contribution in [-0.4, -0.2) is 184 Å². The Hall–Kier alpha value is -5.40. The number of hydrogen-bond acceptors (Lipinski definition) is 16. The lowest BCUT2D eigenvalue weighted by molar-refractivity contribution is -0.142. The van der Waals surface area contributed by atoms with Gasteiger partial charge >= 0.3 is 11.9 Å². The molecule has 424 valence electrons. The maximum atomic E-state index is 12.5. The molecule has 1 rings (SSSR count). The number of ketones is 2. The van der Waals surface area contributed by atoms with Crippen LogP contribution in [0.2, 0.25) is 0 Å². The highest BCUT2D eigenvalue weighted by molar-refractivity contribution is 5.89. The van der Waals surface area contributed by atoms with Crippen molar-refractivity contribution >= 4 is 53.5 Å². The third-order valence-electron chi connectivity index (χ3n) is 11.2. The smallest absolute Gasteiger partial charge is 0.326 e. The molecule has 0 aliphatic heterocycles. The first-order valence-electron chi connectivity index (χ1n) is 26.1. The van der Waals surface area contributed by atoms with E-state index < -0.39 is 30.1 Å². The predicted molar refractivity (Wildman–Crippen MR) is 275 cm³/mol. The molecule has 5 amide bonds. The predicted octanol–water partition coefficient (Wildman–Crippen LogP) is 1.50. The summed E-state index contributed by atoms with van der Waals surface area (Å²) in [5.74, 6) is -3.15. The number of methoxy groups -OCH3 is 1. The van der Waals surface area contributed by atoms with Crippen LogP contribution < -0.4 is 37.2 Å². The van der Waals surface area contributed by atoms with E-state index in [1.54, 1.807) is 20.2 Å². The maximum Gasteiger partial charge on any atom is 0.326 e. The molecule has 1 heterocycles. The van der Waals surface area contributed by atoms with Gasteiger partial charge in [0, 0.05) is 70.7 Å². The first-order valence-corrected chi connectivity index (χ1v) is 26.1. The van der Waals surface area contributed by atoms with Gasteiger partial charge in [-0.1, -0.05) is 51.9 Å². The van der Waals surface area contributed by atoms with E-state index in [9.17, 15) is 48.3 Å². The lowest BCUT2D eigenvalue weighted by Crippen LogP contribution is -2.46. The SMILES string of the molecule is CCC(=O)NCCOCCOCC(=O)NCCC[C@H](NCC(=O)C(Cc1cnc[nH]1)NC=O)C(C)=O.COCCOCCNC(=O)CC[C@H](NC(=O)CCCCNCCCCCCCCCCCC(=O)O)C(=O)O. The number of aromatic nitrogens is 2. The minimum Gasteiger partial charge on any atom is -0.481 e. The van der Waals surface area contributed by atoms with Crippen LogP contribution >= 0.6 is 0 Å². The number of carboxylic acid groups (broad SMARTS) is 2. The fourth-order valence-electron chi connectivity index (χ4n) is 6.94. The Labute approximate surface area is 436 Å². The largest absolute Gasteiger partial charge is 0.481 e. The first-order chi connectivity index (χ1) is 35.7. The summed E-state index contributed by atoms with van der Waals surface area (Å²) < 4.78 is 20.6. The van der Waals surface area contributed by atoms with Crippen molar-refractivity contribution < 1.29 is 72.3 Å². The Balaban J connectivity index is 0.00000144. The van der Waals surface area contributed by atoms with Crippen molar-refractivity contribution in [3.63, 3.8) is 0 Å². The summed E-state index contributed by atoms with van der Waals surface area (Å²) in [4.78, 5) is 111. The number of aromatic amines is 1.